The summed E-state index contributed by atoms with van der Waals surface area (Å²) in [5.74, 6) is -1.13. The summed E-state index contributed by atoms with van der Waals surface area (Å²) in [6.45, 7) is 0. The first kappa shape index (κ1) is 15.1. The summed E-state index contributed by atoms with van der Waals surface area (Å²) in [5.41, 5.74) is 6.97. The topological polar surface area (TPSA) is 88.0 Å². The third kappa shape index (κ3) is 2.91. The van der Waals surface area contributed by atoms with Gasteiger partial charge in [-0.05, 0) is 11.6 Å². The monoisotopic (exact) mass is 327 g/mol. The largest absolute Gasteiger partial charge is 0.368 e. The molecule has 1 atom stereocenters. The fourth-order valence-electron chi connectivity index (χ4n) is 2.43. The molecule has 1 heterocycles. The van der Waals surface area contributed by atoms with Crippen molar-refractivity contribution < 1.29 is 9.59 Å². The van der Waals surface area contributed by atoms with E-state index in [0.717, 1.165) is 10.9 Å². The van der Waals surface area contributed by atoms with Gasteiger partial charge in [-0.1, -0.05) is 60.1 Å². The van der Waals surface area contributed by atoms with Crippen LogP contribution in [0, 0.1) is 0 Å². The molecule has 0 fully saturated rings. The number of aromatic nitrogens is 1. The summed E-state index contributed by atoms with van der Waals surface area (Å²) in [7, 11) is 0. The molecule has 0 aliphatic carbocycles. The standard InChI is InChI=1S/C17H14ClN3O2/c18-13-11-8-4-5-9-12(11)20-15(13)17(23)21-14(16(19)22)10-6-2-1-3-7-10/h1-9,14,20H,(H2,19,22)(H,21,23)/t14-/m0/s1. The van der Waals surface area contributed by atoms with Crippen molar-refractivity contribution in [3.05, 3.63) is 70.9 Å². The minimum atomic E-state index is -0.925. The van der Waals surface area contributed by atoms with Crippen molar-refractivity contribution >= 4 is 34.3 Å². The highest BCUT2D eigenvalue weighted by Crippen LogP contribution is 2.27. The van der Waals surface area contributed by atoms with Crippen LogP contribution >= 0.6 is 11.6 Å². The number of nitrogens with one attached hydrogen (secondary N) is 2. The molecule has 0 saturated heterocycles. The SMILES string of the molecule is NC(=O)[C@@H](NC(=O)c1[nH]c2ccccc2c1Cl)c1ccccc1. The van der Waals surface area contributed by atoms with Gasteiger partial charge in [-0.25, -0.2) is 0 Å². The first-order valence-electron chi connectivity index (χ1n) is 6.99. The van der Waals surface area contributed by atoms with Crippen molar-refractivity contribution in [2.75, 3.05) is 0 Å². The number of rotatable bonds is 4. The van der Waals surface area contributed by atoms with Crippen LogP contribution in [0.1, 0.15) is 22.1 Å². The number of hydrogen-bond acceptors (Lipinski definition) is 2. The molecule has 0 aliphatic heterocycles. The number of benzene rings is 2. The average molecular weight is 328 g/mol. The Morgan fingerprint density at radius 2 is 1.70 bits per heavy atom. The summed E-state index contributed by atoms with van der Waals surface area (Å²) >= 11 is 6.25. The normalized spacial score (nSPS) is 12.0. The maximum atomic E-state index is 12.5. The Morgan fingerprint density at radius 3 is 2.35 bits per heavy atom. The molecule has 6 heteroatoms. The fourth-order valence-corrected chi connectivity index (χ4v) is 2.73. The first-order chi connectivity index (χ1) is 11.1. The van der Waals surface area contributed by atoms with E-state index in [2.05, 4.69) is 10.3 Å². The number of carbonyl (C=O) groups is 2. The molecule has 0 saturated carbocycles. The number of para-hydroxylation sites is 1. The van der Waals surface area contributed by atoms with Gasteiger partial charge in [0.1, 0.15) is 11.7 Å². The predicted molar refractivity (Wildman–Crippen MR) is 89.2 cm³/mol. The maximum absolute atomic E-state index is 12.5. The third-order valence-electron chi connectivity index (χ3n) is 3.56. The Balaban J connectivity index is 1.92. The molecule has 0 aliphatic rings. The van der Waals surface area contributed by atoms with Crippen molar-refractivity contribution in [1.29, 1.82) is 0 Å². The Kier molecular flexibility index (Phi) is 4.04. The molecule has 23 heavy (non-hydrogen) atoms. The van der Waals surface area contributed by atoms with E-state index in [0.29, 0.717) is 10.6 Å². The number of carbonyl (C=O) groups excluding carboxylic acids is 2. The minimum Gasteiger partial charge on any atom is -0.368 e. The molecule has 116 valence electrons. The zero-order chi connectivity index (χ0) is 16.4. The lowest BCUT2D eigenvalue weighted by atomic mass is 10.1. The number of H-pyrrole nitrogens is 1. The number of halogens is 1. The van der Waals surface area contributed by atoms with E-state index < -0.39 is 17.9 Å². The van der Waals surface area contributed by atoms with Crippen LogP contribution in [0.2, 0.25) is 5.02 Å². The highest BCUT2D eigenvalue weighted by atomic mass is 35.5. The Labute approximate surface area is 137 Å². The molecule has 4 N–H and O–H groups in total. The lowest BCUT2D eigenvalue weighted by Crippen LogP contribution is -2.37. The summed E-state index contributed by atoms with van der Waals surface area (Å²) < 4.78 is 0. The summed E-state index contributed by atoms with van der Waals surface area (Å²) in [6.07, 6.45) is 0. The molecule has 0 unspecified atom stereocenters. The highest BCUT2D eigenvalue weighted by molar-refractivity contribution is 6.38. The fraction of sp³-hybridized carbons (Fsp3) is 0.0588. The van der Waals surface area contributed by atoms with Gasteiger partial charge < -0.3 is 16.0 Å². The number of amides is 2. The Morgan fingerprint density at radius 1 is 1.04 bits per heavy atom. The van der Waals surface area contributed by atoms with Crippen LogP contribution in [-0.4, -0.2) is 16.8 Å². The summed E-state index contributed by atoms with van der Waals surface area (Å²) in [5, 5.41) is 3.68. The predicted octanol–water partition coefficient (Wildman–Crippen LogP) is 2.78. The molecule has 0 bridgehead atoms. The molecule has 2 aromatic carbocycles. The average Bonchev–Trinajstić information content (AvgIpc) is 2.90. The van der Waals surface area contributed by atoms with E-state index >= 15 is 0 Å². The third-order valence-corrected chi connectivity index (χ3v) is 3.96. The molecular formula is C17H14ClN3O2. The van der Waals surface area contributed by atoms with Crippen LogP contribution in [-0.2, 0) is 4.79 Å². The van der Waals surface area contributed by atoms with Gasteiger partial charge >= 0.3 is 0 Å². The van der Waals surface area contributed by atoms with Crippen LogP contribution in [0.15, 0.2) is 54.6 Å². The zero-order valence-electron chi connectivity index (χ0n) is 12.0. The number of nitrogens with two attached hydrogens (primary N) is 1. The smallest absolute Gasteiger partial charge is 0.270 e. The van der Waals surface area contributed by atoms with Gasteiger partial charge in [0.15, 0.2) is 0 Å². The van der Waals surface area contributed by atoms with Crippen LogP contribution in [0.3, 0.4) is 0 Å². The molecule has 1 aromatic heterocycles. The first-order valence-corrected chi connectivity index (χ1v) is 7.37. The summed E-state index contributed by atoms with van der Waals surface area (Å²) in [4.78, 5) is 27.1. The second-order valence-electron chi connectivity index (χ2n) is 5.08. The number of hydrogen-bond donors (Lipinski definition) is 3. The molecule has 3 rings (SSSR count). The van der Waals surface area contributed by atoms with Crippen LogP contribution in [0.5, 0.6) is 0 Å². The van der Waals surface area contributed by atoms with E-state index in [1.807, 2.05) is 30.3 Å². The van der Waals surface area contributed by atoms with E-state index in [4.69, 9.17) is 17.3 Å². The molecule has 0 radical (unpaired) electrons. The quantitative estimate of drug-likeness (QED) is 0.688. The van der Waals surface area contributed by atoms with Crippen LogP contribution in [0.25, 0.3) is 10.9 Å². The number of primary amides is 1. The lowest BCUT2D eigenvalue weighted by molar-refractivity contribution is -0.120. The second kappa shape index (κ2) is 6.14. The van der Waals surface area contributed by atoms with Gasteiger partial charge in [0.2, 0.25) is 5.91 Å². The van der Waals surface area contributed by atoms with Gasteiger partial charge in [0.05, 0.1) is 5.02 Å². The summed E-state index contributed by atoms with van der Waals surface area (Å²) in [6, 6.07) is 15.2. The van der Waals surface area contributed by atoms with E-state index in [1.165, 1.54) is 0 Å². The van der Waals surface area contributed by atoms with Crippen molar-refractivity contribution in [2.24, 2.45) is 5.73 Å². The van der Waals surface area contributed by atoms with Gasteiger partial charge in [0.25, 0.3) is 5.91 Å². The molecular weight excluding hydrogens is 314 g/mol. The lowest BCUT2D eigenvalue weighted by Gasteiger charge is -2.15. The highest BCUT2D eigenvalue weighted by Gasteiger charge is 2.23. The van der Waals surface area contributed by atoms with E-state index in [9.17, 15) is 9.59 Å². The Bertz CT molecular complexity index is 874. The number of aromatic amines is 1. The number of fused-ring (bicyclic) bond motifs is 1. The maximum Gasteiger partial charge on any atom is 0.270 e. The molecule has 5 nitrogen and oxygen atoms in total. The Hall–Kier alpha value is -2.79. The second-order valence-corrected chi connectivity index (χ2v) is 5.46. The van der Waals surface area contributed by atoms with E-state index in [-0.39, 0.29) is 5.69 Å². The van der Waals surface area contributed by atoms with Gasteiger partial charge in [0, 0.05) is 10.9 Å². The van der Waals surface area contributed by atoms with Crippen molar-refractivity contribution in [1.82, 2.24) is 10.3 Å². The van der Waals surface area contributed by atoms with Gasteiger partial charge in [-0.15, -0.1) is 0 Å². The molecule has 2 amide bonds. The molecule has 3 aromatic rings. The van der Waals surface area contributed by atoms with E-state index in [1.54, 1.807) is 24.3 Å². The van der Waals surface area contributed by atoms with Crippen LogP contribution < -0.4 is 11.1 Å². The van der Waals surface area contributed by atoms with Crippen LogP contribution in [0.4, 0.5) is 0 Å². The van der Waals surface area contributed by atoms with Crippen molar-refractivity contribution in [2.45, 2.75) is 6.04 Å². The van der Waals surface area contributed by atoms with Gasteiger partial charge in [-0.3, -0.25) is 9.59 Å². The van der Waals surface area contributed by atoms with Crippen molar-refractivity contribution in [3.8, 4) is 0 Å². The molecule has 0 spiro atoms. The minimum absolute atomic E-state index is 0.204. The van der Waals surface area contributed by atoms with Crippen molar-refractivity contribution in [3.63, 3.8) is 0 Å². The van der Waals surface area contributed by atoms with Gasteiger partial charge in [-0.2, -0.15) is 0 Å². The zero-order valence-corrected chi connectivity index (χ0v) is 12.8.